The Bertz CT molecular complexity index is 379. The van der Waals surface area contributed by atoms with Crippen LogP contribution in [0.2, 0.25) is 0 Å². The first-order valence-electron chi connectivity index (χ1n) is 6.07. The Labute approximate surface area is 102 Å². The van der Waals surface area contributed by atoms with Crippen molar-refractivity contribution < 1.29 is 4.79 Å². The summed E-state index contributed by atoms with van der Waals surface area (Å²) in [7, 11) is 0. The van der Waals surface area contributed by atoms with E-state index >= 15 is 0 Å². The van der Waals surface area contributed by atoms with E-state index in [2.05, 4.69) is 20.8 Å². The van der Waals surface area contributed by atoms with Gasteiger partial charge in [-0.25, -0.2) is 0 Å². The minimum Gasteiger partial charge on any atom is -0.294 e. The first kappa shape index (κ1) is 11.8. The van der Waals surface area contributed by atoms with E-state index in [1.165, 1.54) is 17.7 Å². The van der Waals surface area contributed by atoms with Gasteiger partial charge in [0.15, 0.2) is 5.78 Å². The predicted molar refractivity (Wildman–Crippen MR) is 69.1 cm³/mol. The van der Waals surface area contributed by atoms with Gasteiger partial charge in [-0.05, 0) is 44.1 Å². The first-order chi connectivity index (χ1) is 7.48. The maximum absolute atomic E-state index is 12.2. The highest BCUT2D eigenvalue weighted by molar-refractivity contribution is 7.10. The van der Waals surface area contributed by atoms with Crippen molar-refractivity contribution in [3.63, 3.8) is 0 Å². The molecule has 0 bridgehead atoms. The van der Waals surface area contributed by atoms with Gasteiger partial charge in [0, 0.05) is 21.7 Å². The molecule has 0 radical (unpaired) electrons. The summed E-state index contributed by atoms with van der Waals surface area (Å²) in [5.74, 6) is 0.655. The summed E-state index contributed by atoms with van der Waals surface area (Å²) in [6, 6.07) is 2.03. The monoisotopic (exact) mass is 236 g/mol. The summed E-state index contributed by atoms with van der Waals surface area (Å²) >= 11 is 1.68. The van der Waals surface area contributed by atoms with Crippen LogP contribution in [0.15, 0.2) is 11.4 Å². The average Bonchev–Trinajstić information content (AvgIpc) is 2.64. The summed E-state index contributed by atoms with van der Waals surface area (Å²) in [5.41, 5.74) is 1.38. The van der Waals surface area contributed by atoms with E-state index in [1.807, 2.05) is 11.4 Å². The van der Waals surface area contributed by atoms with Crippen molar-refractivity contribution >= 4 is 17.1 Å². The lowest BCUT2D eigenvalue weighted by molar-refractivity contribution is 0.0838. The zero-order valence-corrected chi connectivity index (χ0v) is 11.2. The molecule has 0 unspecified atom stereocenters. The van der Waals surface area contributed by atoms with Crippen LogP contribution < -0.4 is 0 Å². The second-order valence-corrected chi connectivity index (χ2v) is 6.86. The molecule has 1 aliphatic rings. The molecular formula is C14H20OS. The topological polar surface area (TPSA) is 17.1 Å². The van der Waals surface area contributed by atoms with Crippen LogP contribution in [0.1, 0.15) is 54.8 Å². The molecule has 0 aromatic carbocycles. The third-order valence-electron chi connectivity index (χ3n) is 3.73. The number of thiophene rings is 1. The van der Waals surface area contributed by atoms with Gasteiger partial charge in [0.2, 0.25) is 0 Å². The highest BCUT2D eigenvalue weighted by Crippen LogP contribution is 2.39. The highest BCUT2D eigenvalue weighted by atomic mass is 32.1. The van der Waals surface area contributed by atoms with Crippen molar-refractivity contribution in [3.8, 4) is 0 Å². The van der Waals surface area contributed by atoms with E-state index in [0.29, 0.717) is 11.2 Å². The van der Waals surface area contributed by atoms with Gasteiger partial charge in [-0.2, -0.15) is 0 Å². The van der Waals surface area contributed by atoms with Crippen molar-refractivity contribution in [1.29, 1.82) is 0 Å². The van der Waals surface area contributed by atoms with Gasteiger partial charge in [0.1, 0.15) is 0 Å². The normalized spacial score (nSPS) is 20.9. The van der Waals surface area contributed by atoms with Crippen molar-refractivity contribution in [2.45, 2.75) is 46.5 Å². The van der Waals surface area contributed by atoms with E-state index in [4.69, 9.17) is 0 Å². The molecule has 2 rings (SSSR count). The lowest BCUT2D eigenvalue weighted by Gasteiger charge is -2.33. The molecule has 1 nitrogen and oxygen atoms in total. The largest absolute Gasteiger partial charge is 0.294 e. The van der Waals surface area contributed by atoms with Crippen LogP contribution in [0.25, 0.3) is 0 Å². The zero-order chi connectivity index (χ0) is 11.8. The van der Waals surface area contributed by atoms with Gasteiger partial charge < -0.3 is 0 Å². The van der Waals surface area contributed by atoms with Crippen LogP contribution in [0, 0.1) is 18.3 Å². The third-order valence-corrected chi connectivity index (χ3v) is 4.59. The average molecular weight is 236 g/mol. The molecule has 0 aliphatic heterocycles. The number of rotatable bonds is 2. The lowest BCUT2D eigenvalue weighted by atomic mass is 9.71. The maximum Gasteiger partial charge on any atom is 0.166 e. The minimum absolute atomic E-state index is 0.280. The lowest BCUT2D eigenvalue weighted by Crippen LogP contribution is -2.26. The van der Waals surface area contributed by atoms with Crippen molar-refractivity contribution in [2.24, 2.45) is 11.3 Å². The fourth-order valence-corrected chi connectivity index (χ4v) is 3.16. The van der Waals surface area contributed by atoms with E-state index in [-0.39, 0.29) is 5.92 Å². The van der Waals surface area contributed by atoms with Gasteiger partial charge in [0.25, 0.3) is 0 Å². The first-order valence-corrected chi connectivity index (χ1v) is 6.95. The Hall–Kier alpha value is -0.630. The minimum atomic E-state index is 0.280. The van der Waals surface area contributed by atoms with Crippen LogP contribution in [0.3, 0.4) is 0 Å². The second kappa shape index (κ2) is 4.33. The van der Waals surface area contributed by atoms with Gasteiger partial charge in [0.05, 0.1) is 0 Å². The Kier molecular flexibility index (Phi) is 3.20. The standard InChI is InChI=1S/C14H20OS/c1-10-8-12(9-16-10)13(15)11-4-6-14(2,3)7-5-11/h8-9,11H,4-7H2,1-3H3. The number of ketones is 1. The van der Waals surface area contributed by atoms with Gasteiger partial charge in [-0.15, -0.1) is 11.3 Å². The molecule has 0 atom stereocenters. The van der Waals surface area contributed by atoms with Crippen molar-refractivity contribution in [2.75, 3.05) is 0 Å². The highest BCUT2D eigenvalue weighted by Gasteiger charge is 2.31. The number of carbonyl (C=O) groups excluding carboxylic acids is 1. The molecule has 0 spiro atoms. The smallest absolute Gasteiger partial charge is 0.166 e. The Balaban J connectivity index is 2.02. The van der Waals surface area contributed by atoms with Crippen LogP contribution in [-0.4, -0.2) is 5.78 Å². The fourth-order valence-electron chi connectivity index (χ4n) is 2.47. The summed E-state index contributed by atoms with van der Waals surface area (Å²) in [6.45, 7) is 6.68. The predicted octanol–water partition coefficient (Wildman–Crippen LogP) is 4.46. The summed E-state index contributed by atoms with van der Waals surface area (Å²) in [5, 5.41) is 2.01. The molecule has 1 heterocycles. The molecule has 0 N–H and O–H groups in total. The molecule has 2 heteroatoms. The summed E-state index contributed by atoms with van der Waals surface area (Å²) in [6.07, 6.45) is 4.51. The molecule has 1 aromatic heterocycles. The third kappa shape index (κ3) is 2.54. The Morgan fingerprint density at radius 1 is 1.38 bits per heavy atom. The molecule has 0 saturated heterocycles. The quantitative estimate of drug-likeness (QED) is 0.693. The van der Waals surface area contributed by atoms with Gasteiger partial charge in [-0.3, -0.25) is 4.79 Å². The second-order valence-electron chi connectivity index (χ2n) is 5.75. The van der Waals surface area contributed by atoms with Gasteiger partial charge >= 0.3 is 0 Å². The molecule has 16 heavy (non-hydrogen) atoms. The van der Waals surface area contributed by atoms with Crippen molar-refractivity contribution in [1.82, 2.24) is 0 Å². The molecule has 1 fully saturated rings. The number of hydrogen-bond acceptors (Lipinski definition) is 2. The molecule has 1 aliphatic carbocycles. The van der Waals surface area contributed by atoms with E-state index in [1.54, 1.807) is 11.3 Å². The molecule has 1 aromatic rings. The number of hydrogen-bond donors (Lipinski definition) is 0. The van der Waals surface area contributed by atoms with Crippen LogP contribution in [0.4, 0.5) is 0 Å². The summed E-state index contributed by atoms with van der Waals surface area (Å²) in [4.78, 5) is 13.5. The van der Waals surface area contributed by atoms with Crippen molar-refractivity contribution in [3.05, 3.63) is 21.9 Å². The molecule has 1 saturated carbocycles. The molecular weight excluding hydrogens is 216 g/mol. The van der Waals surface area contributed by atoms with E-state index in [9.17, 15) is 4.79 Å². The summed E-state index contributed by atoms with van der Waals surface area (Å²) < 4.78 is 0. The number of aryl methyl sites for hydroxylation is 1. The fraction of sp³-hybridized carbons (Fsp3) is 0.643. The van der Waals surface area contributed by atoms with Crippen LogP contribution >= 0.6 is 11.3 Å². The van der Waals surface area contributed by atoms with E-state index < -0.39 is 0 Å². The molecule has 88 valence electrons. The number of carbonyl (C=O) groups is 1. The van der Waals surface area contributed by atoms with E-state index in [0.717, 1.165) is 18.4 Å². The Morgan fingerprint density at radius 3 is 2.50 bits per heavy atom. The zero-order valence-electron chi connectivity index (χ0n) is 10.4. The van der Waals surface area contributed by atoms with Crippen LogP contribution in [-0.2, 0) is 0 Å². The maximum atomic E-state index is 12.2. The SMILES string of the molecule is Cc1cc(C(=O)C2CCC(C)(C)CC2)cs1. The van der Waals surface area contributed by atoms with Crippen LogP contribution in [0.5, 0.6) is 0 Å². The van der Waals surface area contributed by atoms with Gasteiger partial charge in [-0.1, -0.05) is 13.8 Å². The number of Topliss-reactive ketones (excluding diaryl/α,β-unsaturated/α-hetero) is 1. The molecule has 0 amide bonds. The Morgan fingerprint density at radius 2 is 2.00 bits per heavy atom.